The maximum absolute atomic E-state index is 11.4. The van der Waals surface area contributed by atoms with Gasteiger partial charge in [0.1, 0.15) is 5.78 Å². The second-order valence-electron chi connectivity index (χ2n) is 6.17. The summed E-state index contributed by atoms with van der Waals surface area (Å²) < 4.78 is 0. The Morgan fingerprint density at radius 2 is 1.69 bits per heavy atom. The molecule has 0 spiro atoms. The third-order valence-electron chi connectivity index (χ3n) is 3.49. The zero-order valence-electron chi connectivity index (χ0n) is 12.1. The van der Waals surface area contributed by atoms with E-state index in [0.717, 1.165) is 12.8 Å². The summed E-state index contributed by atoms with van der Waals surface area (Å²) in [5, 5.41) is 0. The van der Waals surface area contributed by atoms with Gasteiger partial charge in [0.05, 0.1) is 0 Å². The summed E-state index contributed by atoms with van der Waals surface area (Å²) in [6, 6.07) is 0. The number of carbonyl (C=O) groups is 1. The van der Waals surface area contributed by atoms with E-state index in [1.54, 1.807) is 6.92 Å². The Hall–Kier alpha value is -0.590. The van der Waals surface area contributed by atoms with Crippen molar-refractivity contribution in [3.63, 3.8) is 0 Å². The van der Waals surface area contributed by atoms with Crippen LogP contribution in [0.15, 0.2) is 11.6 Å². The molecule has 0 saturated heterocycles. The van der Waals surface area contributed by atoms with E-state index in [-0.39, 0.29) is 11.3 Å². The first-order valence-electron chi connectivity index (χ1n) is 6.33. The van der Waals surface area contributed by atoms with Crippen LogP contribution in [-0.2, 0) is 4.79 Å². The summed E-state index contributed by atoms with van der Waals surface area (Å²) in [5.74, 6) is 1.14. The molecule has 1 nitrogen and oxygen atoms in total. The second-order valence-corrected chi connectivity index (χ2v) is 6.17. The minimum absolute atomic E-state index is 0.0735. The fraction of sp³-hybridized carbons (Fsp3) is 0.800. The van der Waals surface area contributed by atoms with Gasteiger partial charge in [-0.3, -0.25) is 4.79 Å². The summed E-state index contributed by atoms with van der Waals surface area (Å²) in [5.41, 5.74) is 1.52. The van der Waals surface area contributed by atoms with E-state index in [2.05, 4.69) is 40.7 Å². The molecule has 0 aliphatic rings. The zero-order chi connectivity index (χ0) is 12.9. The van der Waals surface area contributed by atoms with Gasteiger partial charge in [-0.1, -0.05) is 46.3 Å². The molecule has 0 amide bonds. The van der Waals surface area contributed by atoms with E-state index in [0.29, 0.717) is 11.7 Å². The Labute approximate surface area is 101 Å². The van der Waals surface area contributed by atoms with Crippen molar-refractivity contribution in [3.05, 3.63) is 11.6 Å². The van der Waals surface area contributed by atoms with Gasteiger partial charge in [0, 0.05) is 5.92 Å². The van der Waals surface area contributed by atoms with Crippen molar-refractivity contribution in [3.8, 4) is 0 Å². The lowest BCUT2D eigenvalue weighted by atomic mass is 9.75. The highest BCUT2D eigenvalue weighted by molar-refractivity contribution is 5.78. The average molecular weight is 224 g/mol. The predicted molar refractivity (Wildman–Crippen MR) is 71.5 cm³/mol. The zero-order valence-corrected chi connectivity index (χ0v) is 12.1. The van der Waals surface area contributed by atoms with E-state index < -0.39 is 0 Å². The SMILES string of the molecule is CC(=O)C(C)C(C)(C)C/C=C(\C)CC(C)C. The van der Waals surface area contributed by atoms with Crippen molar-refractivity contribution >= 4 is 5.78 Å². The molecule has 0 bridgehead atoms. The van der Waals surface area contributed by atoms with E-state index in [4.69, 9.17) is 0 Å². The molecule has 0 aromatic heterocycles. The van der Waals surface area contributed by atoms with Crippen LogP contribution < -0.4 is 0 Å². The van der Waals surface area contributed by atoms with E-state index in [1.165, 1.54) is 5.57 Å². The van der Waals surface area contributed by atoms with Crippen molar-refractivity contribution < 1.29 is 4.79 Å². The second kappa shape index (κ2) is 6.22. The molecular formula is C15H28O. The highest BCUT2D eigenvalue weighted by Gasteiger charge is 2.27. The van der Waals surface area contributed by atoms with Gasteiger partial charge in [0.15, 0.2) is 0 Å². The maximum Gasteiger partial charge on any atom is 0.133 e. The van der Waals surface area contributed by atoms with E-state index >= 15 is 0 Å². The summed E-state index contributed by atoms with van der Waals surface area (Å²) in [4.78, 5) is 11.4. The Morgan fingerprint density at radius 3 is 2.06 bits per heavy atom. The molecule has 1 heteroatoms. The van der Waals surface area contributed by atoms with Crippen molar-refractivity contribution in [2.24, 2.45) is 17.3 Å². The Morgan fingerprint density at radius 1 is 1.19 bits per heavy atom. The first-order valence-corrected chi connectivity index (χ1v) is 6.33. The smallest absolute Gasteiger partial charge is 0.133 e. The lowest BCUT2D eigenvalue weighted by molar-refractivity contribution is -0.123. The molecular weight excluding hydrogens is 196 g/mol. The molecule has 0 aromatic carbocycles. The molecule has 0 aliphatic heterocycles. The third kappa shape index (κ3) is 5.48. The summed E-state index contributed by atoms with van der Waals surface area (Å²) >= 11 is 0. The van der Waals surface area contributed by atoms with Crippen molar-refractivity contribution in [1.82, 2.24) is 0 Å². The number of hydrogen-bond acceptors (Lipinski definition) is 1. The van der Waals surface area contributed by atoms with Crippen LogP contribution in [0.1, 0.15) is 61.3 Å². The highest BCUT2D eigenvalue weighted by atomic mass is 16.1. The Bertz CT molecular complexity index is 259. The molecule has 0 aromatic rings. The molecule has 0 saturated carbocycles. The van der Waals surface area contributed by atoms with Gasteiger partial charge in [0.2, 0.25) is 0 Å². The number of Topliss-reactive ketones (excluding diaryl/α,β-unsaturated/α-hetero) is 1. The molecule has 0 rings (SSSR count). The number of rotatable bonds is 6. The van der Waals surface area contributed by atoms with Gasteiger partial charge in [-0.05, 0) is 38.0 Å². The molecule has 94 valence electrons. The quantitative estimate of drug-likeness (QED) is 0.602. The molecule has 0 aliphatic carbocycles. The van der Waals surface area contributed by atoms with Gasteiger partial charge in [-0.15, -0.1) is 0 Å². The molecule has 0 radical (unpaired) electrons. The summed E-state index contributed by atoms with van der Waals surface area (Å²) in [7, 11) is 0. The summed E-state index contributed by atoms with van der Waals surface area (Å²) in [6.45, 7) is 14.7. The van der Waals surface area contributed by atoms with Crippen LogP contribution in [0.3, 0.4) is 0 Å². The van der Waals surface area contributed by atoms with Crippen LogP contribution in [0.2, 0.25) is 0 Å². The molecule has 0 heterocycles. The van der Waals surface area contributed by atoms with Crippen LogP contribution in [0, 0.1) is 17.3 Å². The van der Waals surface area contributed by atoms with Crippen LogP contribution in [0.5, 0.6) is 0 Å². The van der Waals surface area contributed by atoms with Gasteiger partial charge in [-0.2, -0.15) is 0 Å². The average Bonchev–Trinajstić information content (AvgIpc) is 2.12. The Kier molecular flexibility index (Phi) is 5.99. The molecule has 1 atom stereocenters. The topological polar surface area (TPSA) is 17.1 Å². The normalized spacial score (nSPS) is 15.4. The summed E-state index contributed by atoms with van der Waals surface area (Å²) in [6.07, 6.45) is 4.45. The lowest BCUT2D eigenvalue weighted by Crippen LogP contribution is -2.26. The van der Waals surface area contributed by atoms with Crippen molar-refractivity contribution in [2.75, 3.05) is 0 Å². The number of hydrogen-bond donors (Lipinski definition) is 0. The lowest BCUT2D eigenvalue weighted by Gasteiger charge is -2.29. The molecule has 0 N–H and O–H groups in total. The maximum atomic E-state index is 11.4. The monoisotopic (exact) mass is 224 g/mol. The minimum atomic E-state index is 0.0735. The highest BCUT2D eigenvalue weighted by Crippen LogP contribution is 2.32. The van der Waals surface area contributed by atoms with Gasteiger partial charge in [-0.25, -0.2) is 0 Å². The van der Waals surface area contributed by atoms with Gasteiger partial charge in [0.25, 0.3) is 0 Å². The molecule has 0 fully saturated rings. The van der Waals surface area contributed by atoms with Gasteiger partial charge < -0.3 is 0 Å². The molecule has 1 unspecified atom stereocenters. The Balaban J connectivity index is 4.42. The van der Waals surface area contributed by atoms with Gasteiger partial charge >= 0.3 is 0 Å². The fourth-order valence-electron chi connectivity index (χ4n) is 1.89. The number of carbonyl (C=O) groups excluding carboxylic acids is 1. The predicted octanol–water partition coefficient (Wildman–Crippen LogP) is 4.62. The standard InChI is InChI=1S/C15H28O/c1-11(2)10-12(3)8-9-15(6,7)13(4)14(5)16/h8,11,13H,9-10H2,1-7H3/b12-8+. The van der Waals surface area contributed by atoms with Crippen molar-refractivity contribution in [1.29, 1.82) is 0 Å². The first-order chi connectivity index (χ1) is 7.16. The third-order valence-corrected chi connectivity index (χ3v) is 3.49. The largest absolute Gasteiger partial charge is 0.300 e. The first kappa shape index (κ1) is 15.4. The van der Waals surface area contributed by atoms with Crippen molar-refractivity contribution in [2.45, 2.75) is 61.3 Å². The number of ketones is 1. The molecule has 16 heavy (non-hydrogen) atoms. The minimum Gasteiger partial charge on any atom is -0.300 e. The van der Waals surface area contributed by atoms with Crippen LogP contribution in [-0.4, -0.2) is 5.78 Å². The van der Waals surface area contributed by atoms with Crippen LogP contribution >= 0.6 is 0 Å². The number of allylic oxidation sites excluding steroid dienone is 2. The van der Waals surface area contributed by atoms with Crippen LogP contribution in [0.4, 0.5) is 0 Å². The fourth-order valence-corrected chi connectivity index (χ4v) is 1.89. The van der Waals surface area contributed by atoms with E-state index in [9.17, 15) is 4.79 Å². The van der Waals surface area contributed by atoms with Crippen LogP contribution in [0.25, 0.3) is 0 Å². The van der Waals surface area contributed by atoms with E-state index in [1.807, 2.05) is 6.92 Å².